The van der Waals surface area contributed by atoms with E-state index in [2.05, 4.69) is 5.32 Å². The molecular formula is C31H25N3O4. The molecule has 5 rings (SSSR count). The number of anilines is 1. The Labute approximate surface area is 220 Å². The van der Waals surface area contributed by atoms with Crippen LogP contribution in [0.15, 0.2) is 108 Å². The van der Waals surface area contributed by atoms with E-state index in [0.29, 0.717) is 22.6 Å². The van der Waals surface area contributed by atoms with E-state index in [1.54, 1.807) is 55.1 Å². The second-order valence-electron chi connectivity index (χ2n) is 8.56. The van der Waals surface area contributed by atoms with Gasteiger partial charge in [0.1, 0.15) is 11.5 Å². The fourth-order valence-electron chi connectivity index (χ4n) is 4.03. The molecule has 0 atom stereocenters. The molecule has 2 aromatic heterocycles. The van der Waals surface area contributed by atoms with Gasteiger partial charge in [-0.3, -0.25) is 9.59 Å². The number of methoxy groups -OCH3 is 1. The quantitative estimate of drug-likeness (QED) is 0.190. The molecule has 7 nitrogen and oxygen atoms in total. The zero-order valence-electron chi connectivity index (χ0n) is 20.9. The zero-order chi connectivity index (χ0) is 26.5. The van der Waals surface area contributed by atoms with Crippen LogP contribution < -0.4 is 10.1 Å². The number of nitrogens with one attached hydrogen (secondary N) is 1. The SMILES string of the molecule is COc1ccc(-c2nn(-c3ccccc3)cc2/C=C/C(=O)c2cccc(NC(=O)c3ccoc3C)c2)cc1. The minimum absolute atomic E-state index is 0.200. The summed E-state index contributed by atoms with van der Waals surface area (Å²) in [6, 6.07) is 25.8. The molecule has 0 spiro atoms. The number of amides is 1. The number of hydrogen-bond acceptors (Lipinski definition) is 5. The maximum Gasteiger partial charge on any atom is 0.259 e. The first-order chi connectivity index (χ1) is 18.5. The summed E-state index contributed by atoms with van der Waals surface area (Å²) in [5, 5.41) is 7.61. The molecule has 0 unspecified atom stereocenters. The lowest BCUT2D eigenvalue weighted by molar-refractivity contribution is 0.102. The maximum atomic E-state index is 13.1. The molecule has 5 aromatic rings. The Balaban J connectivity index is 1.41. The van der Waals surface area contributed by atoms with Crippen LogP contribution >= 0.6 is 0 Å². The Kier molecular flexibility index (Phi) is 6.99. The molecule has 38 heavy (non-hydrogen) atoms. The van der Waals surface area contributed by atoms with E-state index in [0.717, 1.165) is 28.3 Å². The Morgan fingerprint density at radius 2 is 1.76 bits per heavy atom. The number of ketones is 1. The summed E-state index contributed by atoms with van der Waals surface area (Å²) in [6.07, 6.45) is 6.63. The standard InChI is InChI=1S/C31H25N3O4/c1-21-28(17-18-38-21)31(36)32-25-8-6-7-23(19-25)29(35)16-13-24-20-34(26-9-4-3-5-10-26)33-30(24)22-11-14-27(37-2)15-12-22/h3-20H,1-2H3,(H,32,36)/b16-13+. The third kappa shape index (κ3) is 5.32. The van der Waals surface area contributed by atoms with Crippen molar-refractivity contribution >= 4 is 23.5 Å². The minimum atomic E-state index is -0.297. The van der Waals surface area contributed by atoms with Gasteiger partial charge in [-0.05, 0) is 73.7 Å². The lowest BCUT2D eigenvalue weighted by Gasteiger charge is -2.06. The number of para-hydroxylation sites is 1. The van der Waals surface area contributed by atoms with Crippen LogP contribution in [0.4, 0.5) is 5.69 Å². The number of carbonyl (C=O) groups is 2. The monoisotopic (exact) mass is 503 g/mol. The topological polar surface area (TPSA) is 86.4 Å². The summed E-state index contributed by atoms with van der Waals surface area (Å²) in [7, 11) is 1.62. The van der Waals surface area contributed by atoms with Gasteiger partial charge in [0.15, 0.2) is 5.78 Å². The highest BCUT2D eigenvalue weighted by Crippen LogP contribution is 2.27. The molecule has 1 N–H and O–H groups in total. The highest BCUT2D eigenvalue weighted by molar-refractivity contribution is 6.09. The molecule has 188 valence electrons. The number of benzene rings is 3. The van der Waals surface area contributed by atoms with Crippen LogP contribution in [0.25, 0.3) is 23.0 Å². The molecule has 0 aliphatic rings. The Bertz CT molecular complexity index is 1610. The van der Waals surface area contributed by atoms with Gasteiger partial charge < -0.3 is 14.5 Å². The molecule has 7 heteroatoms. The predicted molar refractivity (Wildman–Crippen MR) is 147 cm³/mol. The lowest BCUT2D eigenvalue weighted by atomic mass is 10.1. The van der Waals surface area contributed by atoms with E-state index >= 15 is 0 Å². The molecule has 0 aliphatic heterocycles. The number of furan rings is 1. The van der Waals surface area contributed by atoms with E-state index < -0.39 is 0 Å². The van der Waals surface area contributed by atoms with Crippen LogP contribution in [0.2, 0.25) is 0 Å². The van der Waals surface area contributed by atoms with Gasteiger partial charge >= 0.3 is 0 Å². The molecule has 0 fully saturated rings. The average Bonchev–Trinajstić information content (AvgIpc) is 3.59. The van der Waals surface area contributed by atoms with Crippen molar-refractivity contribution in [3.63, 3.8) is 0 Å². The van der Waals surface area contributed by atoms with Gasteiger partial charge in [-0.2, -0.15) is 5.10 Å². The van der Waals surface area contributed by atoms with Gasteiger partial charge in [-0.15, -0.1) is 0 Å². The average molecular weight is 504 g/mol. The van der Waals surface area contributed by atoms with Crippen LogP contribution in [0, 0.1) is 6.92 Å². The number of hydrogen-bond donors (Lipinski definition) is 1. The van der Waals surface area contributed by atoms with Gasteiger partial charge in [-0.1, -0.05) is 30.3 Å². The number of nitrogens with zero attached hydrogens (tertiary/aromatic N) is 2. The third-order valence-corrected chi connectivity index (χ3v) is 6.05. The van der Waals surface area contributed by atoms with Crippen LogP contribution in [-0.2, 0) is 0 Å². The fourth-order valence-corrected chi connectivity index (χ4v) is 4.03. The molecule has 0 saturated carbocycles. The van der Waals surface area contributed by atoms with Gasteiger partial charge in [0.2, 0.25) is 0 Å². The van der Waals surface area contributed by atoms with Crippen molar-refractivity contribution < 1.29 is 18.7 Å². The molecule has 0 saturated heterocycles. The number of rotatable bonds is 8. The first-order valence-corrected chi connectivity index (χ1v) is 12.0. The highest BCUT2D eigenvalue weighted by atomic mass is 16.5. The summed E-state index contributed by atoms with van der Waals surface area (Å²) in [6.45, 7) is 1.72. The number of aryl methyl sites for hydroxylation is 1. The molecule has 3 aromatic carbocycles. The maximum absolute atomic E-state index is 13.1. The van der Waals surface area contributed by atoms with Crippen molar-refractivity contribution in [2.45, 2.75) is 6.92 Å². The van der Waals surface area contributed by atoms with Crippen LogP contribution in [-0.4, -0.2) is 28.6 Å². The number of aromatic nitrogens is 2. The van der Waals surface area contributed by atoms with Crippen molar-refractivity contribution in [3.8, 4) is 22.7 Å². The van der Waals surface area contributed by atoms with Crippen molar-refractivity contribution in [1.82, 2.24) is 9.78 Å². The Morgan fingerprint density at radius 1 is 0.974 bits per heavy atom. The third-order valence-electron chi connectivity index (χ3n) is 6.05. The zero-order valence-corrected chi connectivity index (χ0v) is 20.9. The summed E-state index contributed by atoms with van der Waals surface area (Å²) in [5.74, 6) is 0.780. The van der Waals surface area contributed by atoms with Crippen molar-refractivity contribution in [1.29, 1.82) is 0 Å². The van der Waals surface area contributed by atoms with E-state index in [1.165, 1.54) is 12.3 Å². The molecule has 0 aliphatic carbocycles. The molecule has 1 amide bonds. The van der Waals surface area contributed by atoms with Gasteiger partial charge in [0, 0.05) is 28.6 Å². The smallest absolute Gasteiger partial charge is 0.259 e. The lowest BCUT2D eigenvalue weighted by Crippen LogP contribution is -2.12. The number of allylic oxidation sites excluding steroid dienone is 1. The second kappa shape index (κ2) is 10.8. The van der Waals surface area contributed by atoms with Crippen molar-refractivity contribution in [3.05, 3.63) is 126 Å². The van der Waals surface area contributed by atoms with Crippen LogP contribution in [0.1, 0.15) is 32.0 Å². The summed E-state index contributed by atoms with van der Waals surface area (Å²) < 4.78 is 12.3. The molecule has 0 radical (unpaired) electrons. The molecule has 2 heterocycles. The summed E-state index contributed by atoms with van der Waals surface area (Å²) >= 11 is 0. The fraction of sp³-hybridized carbons (Fsp3) is 0.0645. The van der Waals surface area contributed by atoms with Crippen molar-refractivity contribution in [2.75, 3.05) is 12.4 Å². The van der Waals surface area contributed by atoms with Crippen LogP contribution in [0.5, 0.6) is 5.75 Å². The minimum Gasteiger partial charge on any atom is -0.497 e. The first-order valence-electron chi connectivity index (χ1n) is 12.0. The first kappa shape index (κ1) is 24.5. The van der Waals surface area contributed by atoms with Crippen LogP contribution in [0.3, 0.4) is 0 Å². The Hall–Kier alpha value is -5.17. The van der Waals surface area contributed by atoms with E-state index in [-0.39, 0.29) is 11.7 Å². The normalized spacial score (nSPS) is 11.0. The second-order valence-corrected chi connectivity index (χ2v) is 8.56. The van der Waals surface area contributed by atoms with Gasteiger partial charge in [-0.25, -0.2) is 4.68 Å². The predicted octanol–water partition coefficient (Wildman–Crippen LogP) is 6.60. The Morgan fingerprint density at radius 3 is 2.47 bits per heavy atom. The van der Waals surface area contributed by atoms with Gasteiger partial charge in [0.05, 0.1) is 30.3 Å². The van der Waals surface area contributed by atoms with E-state index in [9.17, 15) is 9.59 Å². The summed E-state index contributed by atoms with van der Waals surface area (Å²) in [4.78, 5) is 25.6. The summed E-state index contributed by atoms with van der Waals surface area (Å²) in [5.41, 5.74) is 4.74. The van der Waals surface area contributed by atoms with E-state index in [4.69, 9.17) is 14.3 Å². The van der Waals surface area contributed by atoms with Crippen molar-refractivity contribution in [2.24, 2.45) is 0 Å². The molecule has 0 bridgehead atoms. The number of ether oxygens (including phenoxy) is 1. The molecular weight excluding hydrogens is 478 g/mol. The largest absolute Gasteiger partial charge is 0.497 e. The number of carbonyl (C=O) groups excluding carboxylic acids is 2. The highest BCUT2D eigenvalue weighted by Gasteiger charge is 2.14. The van der Waals surface area contributed by atoms with Gasteiger partial charge in [0.25, 0.3) is 5.91 Å². The van der Waals surface area contributed by atoms with E-state index in [1.807, 2.05) is 60.8 Å².